The van der Waals surface area contributed by atoms with Gasteiger partial charge >= 0.3 is 5.30 Å². The molecule has 1 aromatic heterocycles. The number of fused-ring (bicyclic) bond motifs is 1. The van der Waals surface area contributed by atoms with Gasteiger partial charge in [-0.2, -0.15) is 0 Å². The van der Waals surface area contributed by atoms with E-state index in [-0.39, 0.29) is 5.30 Å². The van der Waals surface area contributed by atoms with Crippen molar-refractivity contribution in [2.45, 2.75) is 20.3 Å². The predicted octanol–water partition coefficient (Wildman–Crippen LogP) is 4.16. The Balaban J connectivity index is 2.18. The van der Waals surface area contributed by atoms with Crippen molar-refractivity contribution in [3.8, 4) is 5.75 Å². The molecule has 22 heavy (non-hydrogen) atoms. The molecule has 0 aliphatic rings. The molecule has 0 unspecified atom stereocenters. The first-order valence-electron chi connectivity index (χ1n) is 7.55. The predicted molar refractivity (Wildman–Crippen MR) is 93.9 cm³/mol. The second-order valence-electron chi connectivity index (χ2n) is 6.10. The molecule has 1 N–H and O–H groups in total. The maximum atomic E-state index is 12.0. The van der Waals surface area contributed by atoms with Crippen LogP contribution in [-0.4, -0.2) is 41.6 Å². The molecular weight excluding hydrogens is 296 g/mol. The first kappa shape index (κ1) is 16.9. The van der Waals surface area contributed by atoms with E-state index < -0.39 is 0 Å². The lowest BCUT2D eigenvalue weighted by molar-refractivity contribution is 0.227. The van der Waals surface area contributed by atoms with Gasteiger partial charge in [0.25, 0.3) is 0 Å². The smallest absolute Gasteiger partial charge is 0.372 e. The third-order valence-electron chi connectivity index (χ3n) is 3.31. The van der Waals surface area contributed by atoms with Crippen molar-refractivity contribution in [2.75, 3.05) is 26.4 Å². The van der Waals surface area contributed by atoms with Crippen molar-refractivity contribution in [3.63, 3.8) is 0 Å². The van der Waals surface area contributed by atoms with Crippen LogP contribution in [0.3, 0.4) is 0 Å². The Bertz CT molecular complexity index is 635. The first-order chi connectivity index (χ1) is 10.5. The number of thioether (sulfide) groups is 1. The van der Waals surface area contributed by atoms with E-state index in [4.69, 9.17) is 4.74 Å². The van der Waals surface area contributed by atoms with Crippen LogP contribution in [0.25, 0.3) is 10.9 Å². The van der Waals surface area contributed by atoms with Crippen LogP contribution in [0.2, 0.25) is 0 Å². The Morgan fingerprint density at radius 2 is 2.14 bits per heavy atom. The van der Waals surface area contributed by atoms with Crippen LogP contribution in [0, 0.1) is 5.92 Å². The van der Waals surface area contributed by atoms with Crippen LogP contribution in [-0.2, 0) is 6.42 Å². The van der Waals surface area contributed by atoms with Crippen LogP contribution in [0.1, 0.15) is 19.4 Å². The number of aromatic amines is 1. The van der Waals surface area contributed by atoms with Crippen molar-refractivity contribution in [1.82, 2.24) is 9.88 Å². The average Bonchev–Trinajstić information content (AvgIpc) is 2.87. The summed E-state index contributed by atoms with van der Waals surface area (Å²) in [6.45, 7) is 5.14. The number of benzene rings is 1. The lowest BCUT2D eigenvalue weighted by Gasteiger charge is -2.10. The minimum absolute atomic E-state index is 0.235. The van der Waals surface area contributed by atoms with Gasteiger partial charge in [0.15, 0.2) is 0 Å². The largest absolute Gasteiger partial charge is 0.418 e. The maximum absolute atomic E-state index is 12.0. The van der Waals surface area contributed by atoms with Crippen LogP contribution in [0.4, 0.5) is 4.79 Å². The fraction of sp³-hybridized carbons (Fsp3) is 0.471. The molecule has 0 aliphatic carbocycles. The van der Waals surface area contributed by atoms with Gasteiger partial charge in [0.2, 0.25) is 0 Å². The van der Waals surface area contributed by atoms with E-state index >= 15 is 0 Å². The number of likely N-dealkylation sites (N-methyl/N-ethyl adjacent to an activating group) is 1. The van der Waals surface area contributed by atoms with Gasteiger partial charge < -0.3 is 14.6 Å². The Kier molecular flexibility index (Phi) is 5.91. The van der Waals surface area contributed by atoms with Gasteiger partial charge in [0.05, 0.1) is 0 Å². The molecule has 120 valence electrons. The highest BCUT2D eigenvalue weighted by molar-refractivity contribution is 8.13. The van der Waals surface area contributed by atoms with Gasteiger partial charge in [0.1, 0.15) is 5.75 Å². The van der Waals surface area contributed by atoms with Crippen molar-refractivity contribution in [2.24, 2.45) is 5.92 Å². The van der Waals surface area contributed by atoms with Gasteiger partial charge in [-0.05, 0) is 55.9 Å². The lowest BCUT2D eigenvalue weighted by Crippen LogP contribution is -2.15. The number of carbonyl (C=O) groups is 1. The third kappa shape index (κ3) is 4.52. The van der Waals surface area contributed by atoms with Gasteiger partial charge in [-0.3, -0.25) is 0 Å². The molecule has 0 bridgehead atoms. The number of ether oxygens (including phenoxy) is 1. The highest BCUT2D eigenvalue weighted by atomic mass is 32.2. The summed E-state index contributed by atoms with van der Waals surface area (Å²) in [4.78, 5) is 17.4. The molecule has 0 saturated heterocycles. The Labute approximate surface area is 136 Å². The van der Waals surface area contributed by atoms with Crippen LogP contribution >= 0.6 is 11.8 Å². The summed E-state index contributed by atoms with van der Waals surface area (Å²) in [5.74, 6) is 1.89. The minimum atomic E-state index is -0.235. The summed E-state index contributed by atoms with van der Waals surface area (Å²) >= 11 is 1.24. The topological polar surface area (TPSA) is 45.3 Å². The molecule has 0 saturated carbocycles. The van der Waals surface area contributed by atoms with E-state index in [0.29, 0.717) is 11.7 Å². The minimum Gasteiger partial charge on any atom is -0.418 e. The summed E-state index contributed by atoms with van der Waals surface area (Å²) in [6.07, 6.45) is 2.92. The molecule has 0 amide bonds. The fourth-order valence-electron chi connectivity index (χ4n) is 2.20. The summed E-state index contributed by atoms with van der Waals surface area (Å²) in [7, 11) is 4.11. The van der Waals surface area contributed by atoms with E-state index in [1.54, 1.807) is 0 Å². The Morgan fingerprint density at radius 1 is 1.36 bits per heavy atom. The molecule has 0 fully saturated rings. The fourth-order valence-corrected chi connectivity index (χ4v) is 2.82. The molecule has 2 rings (SSSR count). The molecular formula is C17H24N2O2S. The number of carbonyl (C=O) groups excluding carboxylic acids is 1. The van der Waals surface area contributed by atoms with Crippen molar-refractivity contribution < 1.29 is 9.53 Å². The van der Waals surface area contributed by atoms with Crippen molar-refractivity contribution >= 4 is 28.0 Å². The van der Waals surface area contributed by atoms with Crippen LogP contribution in [0.15, 0.2) is 24.4 Å². The zero-order chi connectivity index (χ0) is 16.1. The molecule has 0 atom stereocenters. The van der Waals surface area contributed by atoms with Gasteiger partial charge in [-0.1, -0.05) is 19.9 Å². The molecule has 0 radical (unpaired) electrons. The van der Waals surface area contributed by atoms with E-state index in [1.807, 2.05) is 24.4 Å². The average molecular weight is 320 g/mol. The van der Waals surface area contributed by atoms with E-state index in [2.05, 4.69) is 37.8 Å². The molecule has 4 nitrogen and oxygen atoms in total. The van der Waals surface area contributed by atoms with Crippen molar-refractivity contribution in [1.29, 1.82) is 0 Å². The Hall–Kier alpha value is -1.46. The highest BCUT2D eigenvalue weighted by Gasteiger charge is 2.13. The summed E-state index contributed by atoms with van der Waals surface area (Å²) in [5, 5.41) is 0.781. The van der Waals surface area contributed by atoms with E-state index in [1.165, 1.54) is 17.3 Å². The number of hydrogen-bond donors (Lipinski definition) is 1. The zero-order valence-electron chi connectivity index (χ0n) is 13.7. The number of nitrogens with one attached hydrogen (secondary N) is 1. The summed E-state index contributed by atoms with van der Waals surface area (Å²) in [5.41, 5.74) is 2.19. The van der Waals surface area contributed by atoms with E-state index in [0.717, 1.165) is 29.6 Å². The first-order valence-corrected chi connectivity index (χ1v) is 8.54. The maximum Gasteiger partial charge on any atom is 0.372 e. The quantitative estimate of drug-likeness (QED) is 0.812. The highest BCUT2D eigenvalue weighted by Crippen LogP contribution is 2.30. The summed E-state index contributed by atoms with van der Waals surface area (Å²) in [6, 6.07) is 5.78. The van der Waals surface area contributed by atoms with Gasteiger partial charge in [-0.25, -0.2) is 4.79 Å². The third-order valence-corrected chi connectivity index (χ3v) is 4.46. The summed E-state index contributed by atoms with van der Waals surface area (Å²) < 4.78 is 5.57. The number of H-pyrrole nitrogens is 1. The second-order valence-corrected chi connectivity index (χ2v) is 7.06. The monoisotopic (exact) mass is 320 g/mol. The molecule has 0 spiro atoms. The number of aromatic nitrogens is 1. The number of nitrogens with zero attached hydrogens (tertiary/aromatic N) is 1. The molecule has 2 aromatic rings. The molecule has 1 heterocycles. The molecule has 0 aliphatic heterocycles. The van der Waals surface area contributed by atoms with Crippen LogP contribution < -0.4 is 4.74 Å². The molecule has 1 aromatic carbocycles. The number of hydrogen-bond acceptors (Lipinski definition) is 4. The lowest BCUT2D eigenvalue weighted by atomic mass is 10.1. The number of rotatable bonds is 6. The van der Waals surface area contributed by atoms with Gasteiger partial charge in [-0.15, -0.1) is 0 Å². The zero-order valence-corrected chi connectivity index (χ0v) is 14.5. The standard InChI is InChI=1S/C17H24N2O2S/c1-12(2)11-22-17(20)21-15-7-5-6-14-16(15)13(10-18-14)8-9-19(3)4/h5-7,10,12,18H,8-9,11H2,1-4H3. The Morgan fingerprint density at radius 3 is 2.82 bits per heavy atom. The SMILES string of the molecule is CC(C)CSC(=O)Oc1cccc2[nH]cc(CCN(C)C)c12. The van der Waals surface area contributed by atoms with Crippen molar-refractivity contribution in [3.05, 3.63) is 30.0 Å². The van der Waals surface area contributed by atoms with E-state index in [9.17, 15) is 4.79 Å². The second kappa shape index (κ2) is 7.70. The van der Waals surface area contributed by atoms with Crippen LogP contribution in [0.5, 0.6) is 5.75 Å². The van der Waals surface area contributed by atoms with Gasteiger partial charge in [0, 0.05) is 29.4 Å². The molecule has 5 heteroatoms. The normalized spacial score (nSPS) is 11.5.